The number of phenolic OH excluding ortho intramolecular Hbond substituents is 1. The Bertz CT molecular complexity index is 843. The highest BCUT2D eigenvalue weighted by Crippen LogP contribution is 2.51. The molecule has 25 heavy (non-hydrogen) atoms. The number of rotatable bonds is 2. The van der Waals surface area contributed by atoms with Crippen molar-refractivity contribution in [3.8, 4) is 5.75 Å². The highest BCUT2D eigenvalue weighted by Gasteiger charge is 2.54. The largest absolute Gasteiger partial charge is 0.508 e. The van der Waals surface area contributed by atoms with E-state index in [-0.39, 0.29) is 29.7 Å². The number of carbonyl (C=O) groups excluding carboxylic acids is 1. The van der Waals surface area contributed by atoms with Gasteiger partial charge in [0.25, 0.3) is 0 Å². The molecule has 4 rings (SSSR count). The zero-order valence-electron chi connectivity index (χ0n) is 13.3. The van der Waals surface area contributed by atoms with Gasteiger partial charge in [-0.05, 0) is 35.4 Å². The molecule has 2 aromatic carbocycles. The van der Waals surface area contributed by atoms with Crippen LogP contribution in [0.5, 0.6) is 5.75 Å². The number of benzene rings is 2. The number of carbonyl (C=O) groups is 1. The summed E-state index contributed by atoms with van der Waals surface area (Å²) in [5, 5.41) is 16.2. The summed E-state index contributed by atoms with van der Waals surface area (Å²) in [7, 11) is 1.34. The van der Waals surface area contributed by atoms with Crippen LogP contribution in [0.4, 0.5) is 10.1 Å². The molecule has 2 aliphatic rings. The molecule has 0 bridgehead atoms. The van der Waals surface area contributed by atoms with Gasteiger partial charge in [-0.1, -0.05) is 23.7 Å². The highest BCUT2D eigenvalue weighted by molar-refractivity contribution is 6.30. The molecule has 130 valence electrons. The normalized spacial score (nSPS) is 26.7. The van der Waals surface area contributed by atoms with E-state index in [2.05, 4.69) is 10.6 Å². The lowest BCUT2D eigenvalue weighted by Gasteiger charge is -2.52. The Morgan fingerprint density at radius 3 is 2.64 bits per heavy atom. The van der Waals surface area contributed by atoms with Crippen molar-refractivity contribution in [3.05, 3.63) is 58.4 Å². The van der Waals surface area contributed by atoms with Gasteiger partial charge in [-0.25, -0.2) is 4.39 Å². The van der Waals surface area contributed by atoms with E-state index in [1.54, 1.807) is 30.3 Å². The van der Waals surface area contributed by atoms with Gasteiger partial charge in [0.05, 0.1) is 18.8 Å². The molecule has 0 aromatic heterocycles. The maximum atomic E-state index is 14.4. The van der Waals surface area contributed by atoms with Crippen LogP contribution in [0.3, 0.4) is 0 Å². The lowest BCUT2D eigenvalue weighted by Crippen LogP contribution is -2.64. The Morgan fingerprint density at radius 1 is 1.24 bits per heavy atom. The number of nitrogens with one attached hydrogen (secondary N) is 2. The Hall–Kier alpha value is -2.31. The van der Waals surface area contributed by atoms with Gasteiger partial charge in [-0.3, -0.25) is 10.1 Å². The molecule has 4 unspecified atom stereocenters. The van der Waals surface area contributed by atoms with Crippen molar-refractivity contribution in [1.82, 2.24) is 5.32 Å². The maximum absolute atomic E-state index is 14.4. The monoisotopic (exact) mass is 362 g/mol. The third-order valence-electron chi connectivity index (χ3n) is 4.94. The number of hydrogen-bond donors (Lipinski definition) is 3. The van der Waals surface area contributed by atoms with Crippen LogP contribution in [0.1, 0.15) is 23.2 Å². The number of phenols is 1. The van der Waals surface area contributed by atoms with Crippen LogP contribution in [0, 0.1) is 11.7 Å². The third-order valence-corrected chi connectivity index (χ3v) is 5.16. The van der Waals surface area contributed by atoms with Crippen molar-refractivity contribution in [2.75, 3.05) is 12.4 Å². The van der Waals surface area contributed by atoms with Gasteiger partial charge < -0.3 is 15.2 Å². The van der Waals surface area contributed by atoms with Crippen molar-refractivity contribution < 1.29 is 19.0 Å². The number of methoxy groups -OCH3 is 1. The molecule has 2 heterocycles. The van der Waals surface area contributed by atoms with Crippen molar-refractivity contribution in [2.45, 2.75) is 18.1 Å². The molecule has 5 nitrogen and oxygen atoms in total. The number of hydrogen-bond acceptors (Lipinski definition) is 5. The first-order valence-corrected chi connectivity index (χ1v) is 8.25. The molecule has 4 atom stereocenters. The Labute approximate surface area is 148 Å². The van der Waals surface area contributed by atoms with Gasteiger partial charge >= 0.3 is 5.97 Å². The first-order valence-electron chi connectivity index (χ1n) is 7.88. The standard InChI is InChI=1S/C18H16ClFN2O3/c1-25-18(24)17-13-14(8-2-4-10(23)5-3-8)21-15-11(16(13)22-17)6-9(19)7-12(15)20/h2-7,13-14,16-17,21-23H,1H3. The lowest BCUT2D eigenvalue weighted by atomic mass is 9.69. The summed E-state index contributed by atoms with van der Waals surface area (Å²) in [4.78, 5) is 12.1. The van der Waals surface area contributed by atoms with Crippen molar-refractivity contribution >= 4 is 23.3 Å². The SMILES string of the molecule is COC(=O)C1NC2c3cc(Cl)cc(F)c3NC(c3ccc(O)cc3)C12. The topological polar surface area (TPSA) is 70.6 Å². The van der Waals surface area contributed by atoms with Crippen LogP contribution in [-0.4, -0.2) is 24.2 Å². The van der Waals surface area contributed by atoms with E-state index in [4.69, 9.17) is 16.3 Å². The molecule has 0 spiro atoms. The van der Waals surface area contributed by atoms with Gasteiger partial charge in [0.1, 0.15) is 17.6 Å². The van der Waals surface area contributed by atoms with E-state index in [0.29, 0.717) is 16.3 Å². The zero-order chi connectivity index (χ0) is 17.7. The second-order valence-electron chi connectivity index (χ2n) is 6.29. The van der Waals surface area contributed by atoms with Crippen molar-refractivity contribution in [3.63, 3.8) is 0 Å². The molecule has 0 aliphatic carbocycles. The first-order chi connectivity index (χ1) is 12.0. The minimum atomic E-state index is -0.503. The fourth-order valence-corrected chi connectivity index (χ4v) is 3.97. The second kappa shape index (κ2) is 5.89. The van der Waals surface area contributed by atoms with E-state index >= 15 is 0 Å². The minimum absolute atomic E-state index is 0.144. The van der Waals surface area contributed by atoms with Crippen LogP contribution in [0.15, 0.2) is 36.4 Å². The fraction of sp³-hybridized carbons (Fsp3) is 0.278. The Balaban J connectivity index is 1.79. The van der Waals surface area contributed by atoms with Gasteiger partial charge in [-0.2, -0.15) is 0 Å². The summed E-state index contributed by atoms with van der Waals surface area (Å²) < 4.78 is 19.3. The highest BCUT2D eigenvalue weighted by atomic mass is 35.5. The number of anilines is 1. The van der Waals surface area contributed by atoms with Crippen LogP contribution in [0.2, 0.25) is 5.02 Å². The van der Waals surface area contributed by atoms with Crippen LogP contribution in [-0.2, 0) is 9.53 Å². The van der Waals surface area contributed by atoms with Crippen molar-refractivity contribution in [2.24, 2.45) is 5.92 Å². The zero-order valence-corrected chi connectivity index (χ0v) is 14.0. The van der Waals surface area contributed by atoms with Crippen LogP contribution >= 0.6 is 11.6 Å². The van der Waals surface area contributed by atoms with E-state index in [1.807, 2.05) is 0 Å². The minimum Gasteiger partial charge on any atom is -0.508 e. The third kappa shape index (κ3) is 2.53. The average Bonchev–Trinajstić information content (AvgIpc) is 2.55. The maximum Gasteiger partial charge on any atom is 0.323 e. The molecule has 0 amide bonds. The van der Waals surface area contributed by atoms with E-state index in [9.17, 15) is 14.3 Å². The quantitative estimate of drug-likeness (QED) is 0.716. The summed E-state index contributed by atoms with van der Waals surface area (Å²) in [6.45, 7) is 0. The first kappa shape index (κ1) is 16.2. The average molecular weight is 363 g/mol. The molecule has 7 heteroatoms. The second-order valence-corrected chi connectivity index (χ2v) is 6.72. The Morgan fingerprint density at radius 2 is 1.96 bits per heavy atom. The van der Waals surface area contributed by atoms with Gasteiger partial charge in [-0.15, -0.1) is 0 Å². The molecular formula is C18H16ClFN2O3. The Kier molecular flexibility index (Phi) is 3.81. The molecule has 0 saturated carbocycles. The number of aromatic hydroxyl groups is 1. The molecule has 1 saturated heterocycles. The van der Waals surface area contributed by atoms with Crippen molar-refractivity contribution in [1.29, 1.82) is 0 Å². The molecular weight excluding hydrogens is 347 g/mol. The smallest absolute Gasteiger partial charge is 0.323 e. The molecule has 2 aromatic rings. The predicted octanol–water partition coefficient (Wildman–Crippen LogP) is 3.15. The van der Waals surface area contributed by atoms with Crippen LogP contribution < -0.4 is 10.6 Å². The lowest BCUT2D eigenvalue weighted by molar-refractivity contribution is -0.150. The molecule has 1 fully saturated rings. The van der Waals surface area contributed by atoms with E-state index < -0.39 is 11.9 Å². The van der Waals surface area contributed by atoms with Gasteiger partial charge in [0.15, 0.2) is 0 Å². The van der Waals surface area contributed by atoms with Gasteiger partial charge in [0.2, 0.25) is 0 Å². The summed E-state index contributed by atoms with van der Waals surface area (Å²) in [5.41, 5.74) is 1.92. The summed E-state index contributed by atoms with van der Waals surface area (Å²) >= 11 is 6.00. The number of halogens is 2. The number of esters is 1. The summed E-state index contributed by atoms with van der Waals surface area (Å²) in [6.07, 6.45) is 0. The molecule has 3 N–H and O–H groups in total. The van der Waals surface area contributed by atoms with Crippen LogP contribution in [0.25, 0.3) is 0 Å². The number of ether oxygens (including phenoxy) is 1. The van der Waals surface area contributed by atoms with Gasteiger partial charge in [0, 0.05) is 17.0 Å². The predicted molar refractivity (Wildman–Crippen MR) is 91.1 cm³/mol. The fourth-order valence-electron chi connectivity index (χ4n) is 3.75. The summed E-state index contributed by atoms with van der Waals surface area (Å²) in [5.74, 6) is -0.820. The molecule has 2 aliphatic heterocycles. The van der Waals surface area contributed by atoms with E-state index in [1.165, 1.54) is 13.2 Å². The summed E-state index contributed by atoms with van der Waals surface area (Å²) in [6, 6.07) is 8.60. The number of fused-ring (bicyclic) bond motifs is 3. The van der Waals surface area contributed by atoms with E-state index in [0.717, 1.165) is 5.56 Å². The molecule has 0 radical (unpaired) electrons.